The van der Waals surface area contributed by atoms with E-state index in [4.69, 9.17) is 5.11 Å². The van der Waals surface area contributed by atoms with Crippen molar-refractivity contribution in [3.05, 3.63) is 18.0 Å². The van der Waals surface area contributed by atoms with Gasteiger partial charge in [0, 0.05) is 18.7 Å². The van der Waals surface area contributed by atoms with E-state index >= 15 is 0 Å². The summed E-state index contributed by atoms with van der Waals surface area (Å²) >= 11 is 0. The normalized spacial score (nSPS) is 13.1. The number of aromatic nitrogens is 2. The van der Waals surface area contributed by atoms with Gasteiger partial charge in [-0.05, 0) is 19.4 Å². The summed E-state index contributed by atoms with van der Waals surface area (Å²) in [7, 11) is 0. The van der Waals surface area contributed by atoms with E-state index in [1.54, 1.807) is 6.92 Å². The van der Waals surface area contributed by atoms with Crippen molar-refractivity contribution in [3.8, 4) is 0 Å². The molecule has 1 atom stereocenters. The Morgan fingerprint density at radius 2 is 2.22 bits per heavy atom. The monoisotopic (exact) mass is 263 g/mol. The standard InChI is InChI=1S/C10H12F3N3O2/c1-6(2-3-8(17)18)15-9-14-5-4-7(16-9)10(11,12)13/h4-6H,2-3H2,1H3,(H,17,18)(H,14,15,16). The molecule has 0 aromatic carbocycles. The van der Waals surface area contributed by atoms with Crippen LogP contribution in [-0.4, -0.2) is 27.1 Å². The van der Waals surface area contributed by atoms with Gasteiger partial charge in [-0.3, -0.25) is 4.79 Å². The zero-order chi connectivity index (χ0) is 13.8. The van der Waals surface area contributed by atoms with Crippen LogP contribution in [0.4, 0.5) is 19.1 Å². The fourth-order valence-corrected chi connectivity index (χ4v) is 1.22. The first-order valence-electron chi connectivity index (χ1n) is 5.17. The Labute approximate surface area is 101 Å². The minimum Gasteiger partial charge on any atom is -0.481 e. The molecule has 1 rings (SSSR count). The molecule has 0 spiro atoms. The minimum atomic E-state index is -4.52. The Hall–Kier alpha value is -1.86. The topological polar surface area (TPSA) is 75.1 Å². The summed E-state index contributed by atoms with van der Waals surface area (Å²) in [6.07, 6.45) is -3.33. The largest absolute Gasteiger partial charge is 0.481 e. The first kappa shape index (κ1) is 14.2. The summed E-state index contributed by atoms with van der Waals surface area (Å²) < 4.78 is 37.1. The fourth-order valence-electron chi connectivity index (χ4n) is 1.22. The van der Waals surface area contributed by atoms with Crippen molar-refractivity contribution < 1.29 is 23.1 Å². The van der Waals surface area contributed by atoms with Crippen LogP contribution in [0.2, 0.25) is 0 Å². The lowest BCUT2D eigenvalue weighted by atomic mass is 10.2. The second-order valence-corrected chi connectivity index (χ2v) is 3.74. The Morgan fingerprint density at radius 1 is 1.56 bits per heavy atom. The number of carboxylic acids is 1. The van der Waals surface area contributed by atoms with Crippen molar-refractivity contribution >= 4 is 11.9 Å². The van der Waals surface area contributed by atoms with E-state index in [0.717, 1.165) is 12.3 Å². The van der Waals surface area contributed by atoms with Gasteiger partial charge in [-0.1, -0.05) is 0 Å². The number of alkyl halides is 3. The summed E-state index contributed by atoms with van der Waals surface area (Å²) in [5.74, 6) is -1.13. The minimum absolute atomic E-state index is 0.0763. The van der Waals surface area contributed by atoms with Gasteiger partial charge < -0.3 is 10.4 Å². The predicted molar refractivity (Wildman–Crippen MR) is 57.0 cm³/mol. The van der Waals surface area contributed by atoms with Gasteiger partial charge in [-0.2, -0.15) is 13.2 Å². The second-order valence-electron chi connectivity index (χ2n) is 3.74. The van der Waals surface area contributed by atoms with Crippen LogP contribution in [-0.2, 0) is 11.0 Å². The molecule has 8 heteroatoms. The molecule has 1 heterocycles. The predicted octanol–water partition coefficient (Wildman–Crippen LogP) is 2.16. The molecule has 0 aliphatic heterocycles. The highest BCUT2D eigenvalue weighted by molar-refractivity contribution is 5.66. The van der Waals surface area contributed by atoms with E-state index in [1.165, 1.54) is 0 Å². The van der Waals surface area contributed by atoms with Gasteiger partial charge in [0.05, 0.1) is 0 Å². The van der Waals surface area contributed by atoms with Gasteiger partial charge in [0.15, 0.2) is 0 Å². The Bertz CT molecular complexity index is 423. The highest BCUT2D eigenvalue weighted by atomic mass is 19.4. The van der Waals surface area contributed by atoms with Crippen molar-refractivity contribution in [2.24, 2.45) is 0 Å². The third kappa shape index (κ3) is 4.56. The molecule has 0 fully saturated rings. The van der Waals surface area contributed by atoms with E-state index in [2.05, 4.69) is 15.3 Å². The van der Waals surface area contributed by atoms with Crippen LogP contribution in [0, 0.1) is 0 Å². The number of nitrogens with one attached hydrogen (secondary N) is 1. The molecule has 0 aliphatic carbocycles. The zero-order valence-corrected chi connectivity index (χ0v) is 9.53. The van der Waals surface area contributed by atoms with Crippen molar-refractivity contribution in [1.29, 1.82) is 0 Å². The lowest BCUT2D eigenvalue weighted by Gasteiger charge is -2.13. The average Bonchev–Trinajstić information content (AvgIpc) is 2.25. The average molecular weight is 263 g/mol. The molecule has 1 aromatic rings. The summed E-state index contributed by atoms with van der Waals surface area (Å²) in [5, 5.41) is 11.1. The molecule has 0 amide bonds. The van der Waals surface area contributed by atoms with E-state index in [-0.39, 0.29) is 24.8 Å². The number of hydrogen-bond donors (Lipinski definition) is 2. The first-order chi connectivity index (χ1) is 8.29. The number of hydrogen-bond acceptors (Lipinski definition) is 4. The van der Waals surface area contributed by atoms with Crippen LogP contribution in [0.25, 0.3) is 0 Å². The number of carboxylic acid groups (broad SMARTS) is 1. The lowest BCUT2D eigenvalue weighted by Crippen LogP contribution is -2.19. The van der Waals surface area contributed by atoms with Gasteiger partial charge >= 0.3 is 12.1 Å². The number of rotatable bonds is 5. The maximum atomic E-state index is 12.4. The lowest BCUT2D eigenvalue weighted by molar-refractivity contribution is -0.141. The third-order valence-electron chi connectivity index (χ3n) is 2.11. The van der Waals surface area contributed by atoms with Crippen molar-refractivity contribution in [2.75, 3.05) is 5.32 Å². The quantitative estimate of drug-likeness (QED) is 0.851. The Balaban J connectivity index is 2.65. The molecule has 0 saturated heterocycles. The molecule has 0 saturated carbocycles. The van der Waals surface area contributed by atoms with Crippen molar-refractivity contribution in [2.45, 2.75) is 32.0 Å². The van der Waals surface area contributed by atoms with E-state index in [1.807, 2.05) is 0 Å². The summed E-state index contributed by atoms with van der Waals surface area (Å²) in [5.41, 5.74) is -1.04. The number of carbonyl (C=O) groups is 1. The summed E-state index contributed by atoms with van der Waals surface area (Å²) in [6, 6.07) is 0.442. The van der Waals surface area contributed by atoms with E-state index < -0.39 is 17.8 Å². The van der Waals surface area contributed by atoms with Crippen LogP contribution < -0.4 is 5.32 Å². The molecule has 0 aliphatic rings. The number of halogens is 3. The summed E-state index contributed by atoms with van der Waals surface area (Å²) in [4.78, 5) is 17.3. The van der Waals surface area contributed by atoms with Crippen LogP contribution in [0.5, 0.6) is 0 Å². The van der Waals surface area contributed by atoms with Crippen LogP contribution >= 0.6 is 0 Å². The molecule has 100 valence electrons. The first-order valence-corrected chi connectivity index (χ1v) is 5.17. The number of aliphatic carboxylic acids is 1. The Morgan fingerprint density at radius 3 is 2.78 bits per heavy atom. The second kappa shape index (κ2) is 5.65. The van der Waals surface area contributed by atoms with E-state index in [9.17, 15) is 18.0 Å². The maximum Gasteiger partial charge on any atom is 0.433 e. The summed E-state index contributed by atoms with van der Waals surface area (Å²) in [6.45, 7) is 1.65. The Kier molecular flexibility index (Phi) is 4.46. The van der Waals surface area contributed by atoms with Crippen LogP contribution in [0.1, 0.15) is 25.5 Å². The molecule has 18 heavy (non-hydrogen) atoms. The molecule has 2 N–H and O–H groups in total. The van der Waals surface area contributed by atoms with Gasteiger partial charge in [-0.15, -0.1) is 0 Å². The highest BCUT2D eigenvalue weighted by Gasteiger charge is 2.32. The van der Waals surface area contributed by atoms with Crippen molar-refractivity contribution in [1.82, 2.24) is 9.97 Å². The molecular formula is C10H12F3N3O2. The number of anilines is 1. The van der Waals surface area contributed by atoms with E-state index in [0.29, 0.717) is 0 Å². The highest BCUT2D eigenvalue weighted by Crippen LogP contribution is 2.27. The number of nitrogens with zero attached hydrogens (tertiary/aromatic N) is 2. The molecule has 1 aromatic heterocycles. The SMILES string of the molecule is CC(CCC(=O)O)Nc1nccc(C(F)(F)F)n1. The third-order valence-corrected chi connectivity index (χ3v) is 2.11. The zero-order valence-electron chi connectivity index (χ0n) is 9.53. The van der Waals surface area contributed by atoms with Gasteiger partial charge in [0.1, 0.15) is 5.69 Å². The van der Waals surface area contributed by atoms with Crippen LogP contribution in [0.3, 0.4) is 0 Å². The fraction of sp³-hybridized carbons (Fsp3) is 0.500. The smallest absolute Gasteiger partial charge is 0.433 e. The van der Waals surface area contributed by atoms with Gasteiger partial charge in [0.2, 0.25) is 5.95 Å². The van der Waals surface area contributed by atoms with Crippen LogP contribution in [0.15, 0.2) is 12.3 Å². The van der Waals surface area contributed by atoms with Gasteiger partial charge in [-0.25, -0.2) is 9.97 Å². The van der Waals surface area contributed by atoms with Gasteiger partial charge in [0.25, 0.3) is 0 Å². The molecule has 0 bridgehead atoms. The molecule has 5 nitrogen and oxygen atoms in total. The molecular weight excluding hydrogens is 251 g/mol. The molecule has 1 unspecified atom stereocenters. The maximum absolute atomic E-state index is 12.4. The molecule has 0 radical (unpaired) electrons. The van der Waals surface area contributed by atoms with Crippen molar-refractivity contribution in [3.63, 3.8) is 0 Å².